The largest absolute Gasteiger partial charge is 0.493 e. The van der Waals surface area contributed by atoms with Crippen LogP contribution in [0.1, 0.15) is 116 Å². The molecule has 3 aromatic carbocycles. The lowest BCUT2D eigenvalue weighted by Gasteiger charge is -2.30. The molecule has 0 amide bonds. The van der Waals surface area contributed by atoms with Gasteiger partial charge in [-0.1, -0.05) is 97.9 Å². The predicted molar refractivity (Wildman–Crippen MR) is 170 cm³/mol. The van der Waals surface area contributed by atoms with Gasteiger partial charge in [0, 0.05) is 0 Å². The lowest BCUT2D eigenvalue weighted by atomic mass is 9.77. The van der Waals surface area contributed by atoms with Gasteiger partial charge in [-0.25, -0.2) is 8.78 Å². The molecule has 0 aliphatic heterocycles. The Morgan fingerprint density at radius 1 is 0.707 bits per heavy atom. The van der Waals surface area contributed by atoms with Crippen molar-refractivity contribution in [3.05, 3.63) is 76.9 Å². The number of halogens is 2. The number of hydrogen-bond acceptors (Lipinski definition) is 1. The van der Waals surface area contributed by atoms with E-state index in [2.05, 4.69) is 53.7 Å². The molecule has 0 radical (unpaired) electrons. The van der Waals surface area contributed by atoms with Crippen molar-refractivity contribution in [2.24, 2.45) is 11.3 Å². The van der Waals surface area contributed by atoms with Crippen LogP contribution in [0.4, 0.5) is 8.78 Å². The van der Waals surface area contributed by atoms with Crippen LogP contribution in [0, 0.1) is 23.0 Å². The summed E-state index contributed by atoms with van der Waals surface area (Å²) in [7, 11) is 0. The number of ether oxygens (including phenoxy) is 1. The Labute approximate surface area is 247 Å². The molecule has 0 heterocycles. The summed E-state index contributed by atoms with van der Waals surface area (Å²) >= 11 is 0. The van der Waals surface area contributed by atoms with Crippen molar-refractivity contribution in [3.63, 3.8) is 0 Å². The molecule has 1 fully saturated rings. The molecule has 0 atom stereocenters. The summed E-state index contributed by atoms with van der Waals surface area (Å²) in [5, 5.41) is 0. The van der Waals surface area contributed by atoms with Crippen LogP contribution in [0.25, 0.3) is 22.3 Å². The topological polar surface area (TPSA) is 9.23 Å². The number of rotatable bonds is 12. The van der Waals surface area contributed by atoms with Crippen LogP contribution in [0.2, 0.25) is 0 Å². The summed E-state index contributed by atoms with van der Waals surface area (Å²) in [6.07, 6.45) is 10.9. The van der Waals surface area contributed by atoms with Gasteiger partial charge in [-0.2, -0.15) is 0 Å². The Morgan fingerprint density at radius 3 is 1.73 bits per heavy atom. The van der Waals surface area contributed by atoms with E-state index in [0.717, 1.165) is 66.9 Å². The minimum absolute atomic E-state index is 0.0413. The molecule has 3 aromatic rings. The maximum Gasteiger partial charge on any atom is 0.134 e. The van der Waals surface area contributed by atoms with Gasteiger partial charge >= 0.3 is 0 Å². The highest BCUT2D eigenvalue weighted by atomic mass is 19.1. The fourth-order valence-electron chi connectivity index (χ4n) is 6.82. The second-order valence-corrected chi connectivity index (χ2v) is 12.4. The van der Waals surface area contributed by atoms with E-state index in [1.807, 2.05) is 24.3 Å². The van der Waals surface area contributed by atoms with E-state index >= 15 is 8.78 Å². The van der Waals surface area contributed by atoms with Gasteiger partial charge < -0.3 is 4.74 Å². The van der Waals surface area contributed by atoms with E-state index in [4.69, 9.17) is 4.74 Å². The molecule has 222 valence electrons. The van der Waals surface area contributed by atoms with Crippen LogP contribution >= 0.6 is 0 Å². The Balaban J connectivity index is 1.58. The average Bonchev–Trinajstić information content (AvgIpc) is 2.99. The second kappa shape index (κ2) is 14.0. The molecule has 4 rings (SSSR count). The highest BCUT2D eigenvalue weighted by Gasteiger charge is 2.25. The minimum Gasteiger partial charge on any atom is -0.493 e. The molecular weight excluding hydrogens is 510 g/mol. The van der Waals surface area contributed by atoms with E-state index < -0.39 is 11.6 Å². The van der Waals surface area contributed by atoms with Crippen LogP contribution in [-0.2, 0) is 12.8 Å². The summed E-state index contributed by atoms with van der Waals surface area (Å²) in [5.41, 5.74) is 5.70. The Bertz CT molecular complexity index is 1220. The second-order valence-electron chi connectivity index (χ2n) is 12.4. The van der Waals surface area contributed by atoms with Crippen LogP contribution in [0.15, 0.2) is 48.5 Å². The quantitative estimate of drug-likeness (QED) is 0.214. The van der Waals surface area contributed by atoms with Gasteiger partial charge in [0.25, 0.3) is 0 Å². The molecule has 0 bridgehead atoms. The summed E-state index contributed by atoms with van der Waals surface area (Å²) < 4.78 is 37.7. The van der Waals surface area contributed by atoms with Crippen LogP contribution < -0.4 is 4.74 Å². The summed E-state index contributed by atoms with van der Waals surface area (Å²) in [5.74, 6) is 1.24. The monoisotopic (exact) mass is 560 g/mol. The van der Waals surface area contributed by atoms with E-state index in [0.29, 0.717) is 29.1 Å². The van der Waals surface area contributed by atoms with Crippen molar-refractivity contribution in [3.8, 4) is 28.0 Å². The number of aryl methyl sites for hydroxylation is 2. The van der Waals surface area contributed by atoms with Crippen molar-refractivity contribution >= 4 is 0 Å². The highest BCUT2D eigenvalue weighted by molar-refractivity contribution is 5.73. The Kier molecular flexibility index (Phi) is 10.7. The maximum absolute atomic E-state index is 15.6. The zero-order valence-electron chi connectivity index (χ0n) is 26.2. The molecule has 1 aliphatic carbocycles. The first-order valence-electron chi connectivity index (χ1n) is 16.2. The van der Waals surface area contributed by atoms with Gasteiger partial charge in [0.15, 0.2) is 0 Å². The van der Waals surface area contributed by atoms with E-state index in [-0.39, 0.29) is 5.56 Å². The third-order valence-electron chi connectivity index (χ3n) is 10.2. The van der Waals surface area contributed by atoms with Gasteiger partial charge in [-0.15, -0.1) is 0 Å². The minimum atomic E-state index is -0.526. The van der Waals surface area contributed by atoms with Gasteiger partial charge in [0.05, 0.1) is 12.2 Å². The average molecular weight is 561 g/mol. The smallest absolute Gasteiger partial charge is 0.134 e. The number of hydrogen-bond donors (Lipinski definition) is 0. The summed E-state index contributed by atoms with van der Waals surface area (Å²) in [6, 6.07) is 15.1. The standard InChI is InChI=1S/C38H50F2O/c1-7-27-22-33(23-28(8-2)37(27)41-21-20-38(9-3,10-4)11-5)36-34(39)24-32(25-35(36)40)31-18-16-30(17-19-31)29-14-12-26(6)13-15-29/h16-19,22-26,29H,7-15,20-21H2,1-6H3. The summed E-state index contributed by atoms with van der Waals surface area (Å²) in [6.45, 7) is 13.9. The van der Waals surface area contributed by atoms with Gasteiger partial charge in [0.2, 0.25) is 0 Å². The lowest BCUT2D eigenvalue weighted by molar-refractivity contribution is 0.172. The third kappa shape index (κ3) is 7.04. The molecule has 1 nitrogen and oxygen atoms in total. The van der Waals surface area contributed by atoms with Crippen molar-refractivity contribution in [1.82, 2.24) is 0 Å². The molecule has 41 heavy (non-hydrogen) atoms. The SMILES string of the molecule is CCc1cc(-c2c(F)cc(-c3ccc(C4CCC(C)CC4)cc3)cc2F)cc(CC)c1OCCC(CC)(CC)CC. The molecule has 0 aromatic heterocycles. The van der Waals surface area contributed by atoms with Gasteiger partial charge in [-0.3, -0.25) is 0 Å². The van der Waals surface area contributed by atoms with Gasteiger partial charge in [-0.05, 0) is 107 Å². The Morgan fingerprint density at radius 2 is 1.24 bits per heavy atom. The first-order chi connectivity index (χ1) is 19.8. The molecule has 3 heteroatoms. The van der Waals surface area contributed by atoms with Crippen molar-refractivity contribution in [2.45, 2.75) is 112 Å². The van der Waals surface area contributed by atoms with Crippen LogP contribution in [-0.4, -0.2) is 6.61 Å². The molecule has 0 unspecified atom stereocenters. The Hall–Kier alpha value is -2.68. The summed E-state index contributed by atoms with van der Waals surface area (Å²) in [4.78, 5) is 0. The van der Waals surface area contributed by atoms with E-state index in [9.17, 15) is 0 Å². The fraction of sp³-hybridized carbons (Fsp3) is 0.526. The first-order valence-corrected chi connectivity index (χ1v) is 16.2. The maximum atomic E-state index is 15.6. The zero-order valence-corrected chi connectivity index (χ0v) is 26.2. The lowest BCUT2D eigenvalue weighted by Crippen LogP contribution is -2.21. The van der Waals surface area contributed by atoms with E-state index in [1.165, 1.54) is 43.4 Å². The molecule has 1 aliphatic rings. The molecule has 0 spiro atoms. The third-order valence-corrected chi connectivity index (χ3v) is 10.2. The van der Waals surface area contributed by atoms with E-state index in [1.54, 1.807) is 0 Å². The fourth-order valence-corrected chi connectivity index (χ4v) is 6.82. The van der Waals surface area contributed by atoms with Crippen molar-refractivity contribution < 1.29 is 13.5 Å². The van der Waals surface area contributed by atoms with Gasteiger partial charge in [0.1, 0.15) is 17.4 Å². The van der Waals surface area contributed by atoms with Crippen molar-refractivity contribution in [2.75, 3.05) is 6.61 Å². The molecule has 0 N–H and O–H groups in total. The van der Waals surface area contributed by atoms with Crippen LogP contribution in [0.3, 0.4) is 0 Å². The van der Waals surface area contributed by atoms with Crippen LogP contribution in [0.5, 0.6) is 5.75 Å². The van der Waals surface area contributed by atoms with Crippen molar-refractivity contribution in [1.29, 1.82) is 0 Å². The predicted octanol–water partition coefficient (Wildman–Crippen LogP) is 11.7. The highest BCUT2D eigenvalue weighted by Crippen LogP contribution is 2.39. The molecule has 0 saturated heterocycles. The normalized spacial score (nSPS) is 17.6. The molecule has 1 saturated carbocycles. The zero-order chi connectivity index (χ0) is 29.6. The molecular formula is C38H50F2O. The first kappa shape index (κ1) is 31.3. The number of benzene rings is 3.